The van der Waals surface area contributed by atoms with Gasteiger partial charge < -0.3 is 15.2 Å². The van der Waals surface area contributed by atoms with E-state index in [4.69, 9.17) is 4.98 Å². The normalized spacial score (nSPS) is 11.4. The quantitative estimate of drug-likeness (QED) is 0.416. The zero-order valence-electron chi connectivity index (χ0n) is 17.6. The van der Waals surface area contributed by atoms with E-state index in [9.17, 15) is 4.79 Å². The molecule has 1 amide bonds. The van der Waals surface area contributed by atoms with Crippen molar-refractivity contribution in [2.24, 2.45) is 0 Å². The van der Waals surface area contributed by atoms with Gasteiger partial charge in [0, 0.05) is 17.7 Å². The molecule has 0 bridgehead atoms. The number of hydrogen-bond acceptors (Lipinski definition) is 3. The number of aromatic amines is 1. The van der Waals surface area contributed by atoms with Crippen molar-refractivity contribution in [2.45, 2.75) is 20.3 Å². The van der Waals surface area contributed by atoms with Crippen LogP contribution in [0.25, 0.3) is 33.2 Å². The summed E-state index contributed by atoms with van der Waals surface area (Å²) in [5.74, 6) is 0.781. The molecule has 0 spiro atoms. The number of benzene rings is 3. The van der Waals surface area contributed by atoms with Crippen LogP contribution in [0.5, 0.6) is 0 Å². The fourth-order valence-corrected chi connectivity index (χ4v) is 3.76. The van der Waals surface area contributed by atoms with Crippen molar-refractivity contribution >= 4 is 27.7 Å². The predicted octanol–water partition coefficient (Wildman–Crippen LogP) is 4.84. The van der Waals surface area contributed by atoms with Gasteiger partial charge in [0.25, 0.3) is 5.91 Å². The van der Waals surface area contributed by atoms with E-state index in [1.807, 2.05) is 36.4 Å². The molecule has 0 radical (unpaired) electrons. The maximum absolute atomic E-state index is 12.4. The molecule has 154 valence electrons. The van der Waals surface area contributed by atoms with Gasteiger partial charge in [0.05, 0.1) is 11.0 Å². The summed E-state index contributed by atoms with van der Waals surface area (Å²) in [5.41, 5.74) is 3.59. The smallest absolute Gasteiger partial charge is 0.251 e. The third kappa shape index (κ3) is 4.36. The van der Waals surface area contributed by atoms with E-state index in [1.54, 1.807) is 0 Å². The van der Waals surface area contributed by atoms with Crippen LogP contribution in [-0.2, 0) is 0 Å². The minimum Gasteiger partial charge on any atom is -0.352 e. The van der Waals surface area contributed by atoms with E-state index in [0.717, 1.165) is 48.5 Å². The number of imidazole rings is 1. The summed E-state index contributed by atoms with van der Waals surface area (Å²) < 4.78 is 0. The van der Waals surface area contributed by atoms with Crippen molar-refractivity contribution in [3.63, 3.8) is 0 Å². The Labute approximate surface area is 177 Å². The van der Waals surface area contributed by atoms with Crippen molar-refractivity contribution < 1.29 is 4.79 Å². The highest BCUT2D eigenvalue weighted by Gasteiger charge is 2.09. The zero-order chi connectivity index (χ0) is 20.9. The summed E-state index contributed by atoms with van der Waals surface area (Å²) in [6.45, 7) is 8.11. The third-order valence-corrected chi connectivity index (χ3v) is 5.60. The number of amides is 1. The highest BCUT2D eigenvalue weighted by molar-refractivity contribution is 5.96. The van der Waals surface area contributed by atoms with Gasteiger partial charge in [-0.2, -0.15) is 0 Å². The van der Waals surface area contributed by atoms with Crippen LogP contribution in [0, 0.1) is 0 Å². The highest BCUT2D eigenvalue weighted by Crippen LogP contribution is 2.25. The van der Waals surface area contributed by atoms with Crippen molar-refractivity contribution in [1.29, 1.82) is 0 Å². The van der Waals surface area contributed by atoms with E-state index in [-0.39, 0.29) is 5.91 Å². The van der Waals surface area contributed by atoms with Gasteiger partial charge in [-0.05, 0) is 61.1 Å². The van der Waals surface area contributed by atoms with Crippen LogP contribution in [-0.4, -0.2) is 47.0 Å². The second-order valence-corrected chi connectivity index (χ2v) is 7.52. The molecule has 0 saturated heterocycles. The van der Waals surface area contributed by atoms with Crippen LogP contribution < -0.4 is 5.32 Å². The van der Waals surface area contributed by atoms with Crippen LogP contribution in [0.1, 0.15) is 30.6 Å². The molecule has 0 fully saturated rings. The summed E-state index contributed by atoms with van der Waals surface area (Å²) >= 11 is 0. The number of rotatable bonds is 8. The standard InChI is InChI=1S/C25H28N4O/c1-3-29(4-2)15-7-14-26-25(30)19-12-10-18(11-13-19)24-27-22-16-20-8-5-6-9-21(20)17-23(22)28-24/h5-6,8-13,16-17H,3-4,7,14-15H2,1-2H3,(H,26,30)(H,27,28). The molecule has 5 heteroatoms. The van der Waals surface area contributed by atoms with Gasteiger partial charge in [-0.1, -0.05) is 50.2 Å². The number of carbonyl (C=O) groups excluding carboxylic acids is 1. The van der Waals surface area contributed by atoms with E-state index < -0.39 is 0 Å². The molecular weight excluding hydrogens is 372 g/mol. The average Bonchev–Trinajstić information content (AvgIpc) is 3.20. The maximum Gasteiger partial charge on any atom is 0.251 e. The SMILES string of the molecule is CCN(CC)CCCNC(=O)c1ccc(-c2nc3cc4ccccc4cc3[nH]2)cc1. The molecule has 0 unspecified atom stereocenters. The molecule has 4 rings (SSSR count). The molecule has 5 nitrogen and oxygen atoms in total. The molecule has 4 aromatic rings. The van der Waals surface area contributed by atoms with Gasteiger partial charge in [0.15, 0.2) is 0 Å². The average molecular weight is 401 g/mol. The first-order valence-corrected chi connectivity index (χ1v) is 10.7. The van der Waals surface area contributed by atoms with Gasteiger partial charge in [0.2, 0.25) is 0 Å². The van der Waals surface area contributed by atoms with Gasteiger partial charge in [-0.3, -0.25) is 4.79 Å². The van der Waals surface area contributed by atoms with Crippen LogP contribution in [0.3, 0.4) is 0 Å². The molecule has 1 heterocycles. The Morgan fingerprint density at radius 2 is 1.70 bits per heavy atom. The summed E-state index contributed by atoms with van der Waals surface area (Å²) in [4.78, 5) is 22.9. The first-order valence-electron chi connectivity index (χ1n) is 10.7. The second-order valence-electron chi connectivity index (χ2n) is 7.52. The molecule has 0 aliphatic carbocycles. The van der Waals surface area contributed by atoms with Crippen molar-refractivity contribution in [3.05, 3.63) is 66.2 Å². The Hall–Kier alpha value is -3.18. The van der Waals surface area contributed by atoms with Crippen LogP contribution in [0.2, 0.25) is 0 Å². The highest BCUT2D eigenvalue weighted by atomic mass is 16.1. The first-order chi connectivity index (χ1) is 14.7. The Morgan fingerprint density at radius 1 is 1.00 bits per heavy atom. The molecule has 2 N–H and O–H groups in total. The Morgan fingerprint density at radius 3 is 2.40 bits per heavy atom. The van der Waals surface area contributed by atoms with Crippen molar-refractivity contribution in [2.75, 3.05) is 26.2 Å². The Balaban J connectivity index is 1.43. The first kappa shape index (κ1) is 20.1. The predicted molar refractivity (Wildman–Crippen MR) is 124 cm³/mol. The molecule has 1 aromatic heterocycles. The number of H-pyrrole nitrogens is 1. The maximum atomic E-state index is 12.4. The largest absolute Gasteiger partial charge is 0.352 e. The lowest BCUT2D eigenvalue weighted by molar-refractivity contribution is 0.0952. The Kier molecular flexibility index (Phi) is 6.10. The molecule has 0 atom stereocenters. The number of fused-ring (bicyclic) bond motifs is 2. The number of nitrogens with one attached hydrogen (secondary N) is 2. The van der Waals surface area contributed by atoms with Gasteiger partial charge >= 0.3 is 0 Å². The lowest BCUT2D eigenvalue weighted by Crippen LogP contribution is -2.29. The summed E-state index contributed by atoms with van der Waals surface area (Å²) in [5, 5.41) is 5.38. The summed E-state index contributed by atoms with van der Waals surface area (Å²) in [7, 11) is 0. The molecular formula is C25H28N4O. The molecule has 0 saturated carbocycles. The van der Waals surface area contributed by atoms with Crippen LogP contribution in [0.4, 0.5) is 0 Å². The number of hydrogen-bond donors (Lipinski definition) is 2. The lowest BCUT2D eigenvalue weighted by Gasteiger charge is -2.17. The van der Waals surface area contributed by atoms with Gasteiger partial charge in [0.1, 0.15) is 5.82 Å². The van der Waals surface area contributed by atoms with Gasteiger partial charge in [-0.15, -0.1) is 0 Å². The molecule has 0 aliphatic heterocycles. The fourth-order valence-electron chi connectivity index (χ4n) is 3.76. The summed E-state index contributed by atoms with van der Waals surface area (Å²) in [6, 6.07) is 20.1. The zero-order valence-corrected chi connectivity index (χ0v) is 17.6. The van der Waals surface area contributed by atoms with E-state index >= 15 is 0 Å². The second kappa shape index (κ2) is 9.09. The molecule has 0 aliphatic rings. The van der Waals surface area contributed by atoms with E-state index in [2.05, 4.69) is 53.3 Å². The minimum absolute atomic E-state index is 0.0306. The van der Waals surface area contributed by atoms with Crippen LogP contribution >= 0.6 is 0 Å². The van der Waals surface area contributed by atoms with Crippen LogP contribution in [0.15, 0.2) is 60.7 Å². The van der Waals surface area contributed by atoms with Crippen molar-refractivity contribution in [1.82, 2.24) is 20.2 Å². The van der Waals surface area contributed by atoms with Gasteiger partial charge in [-0.25, -0.2) is 4.98 Å². The lowest BCUT2D eigenvalue weighted by atomic mass is 10.1. The minimum atomic E-state index is -0.0306. The number of carbonyl (C=O) groups is 1. The number of aromatic nitrogens is 2. The third-order valence-electron chi connectivity index (χ3n) is 5.60. The topological polar surface area (TPSA) is 61.0 Å². The Bertz CT molecular complexity index is 1090. The van der Waals surface area contributed by atoms with E-state index in [0.29, 0.717) is 12.1 Å². The molecule has 30 heavy (non-hydrogen) atoms. The van der Waals surface area contributed by atoms with Crippen molar-refractivity contribution in [3.8, 4) is 11.4 Å². The monoisotopic (exact) mass is 400 g/mol. The number of nitrogens with zero attached hydrogens (tertiary/aromatic N) is 2. The van der Waals surface area contributed by atoms with E-state index in [1.165, 1.54) is 10.8 Å². The fraction of sp³-hybridized carbons (Fsp3) is 0.280. The molecule has 3 aromatic carbocycles. The summed E-state index contributed by atoms with van der Waals surface area (Å²) in [6.07, 6.45) is 0.957.